The van der Waals surface area contributed by atoms with Gasteiger partial charge in [-0.25, -0.2) is 0 Å². The Hall–Kier alpha value is -2.31. The Morgan fingerprint density at radius 2 is 2.10 bits per heavy atom. The first-order valence-electron chi connectivity index (χ1n) is 6.66. The third-order valence-corrected chi connectivity index (χ3v) is 2.65. The van der Waals surface area contributed by atoms with E-state index < -0.39 is 16.4 Å². The van der Waals surface area contributed by atoms with Gasteiger partial charge in [-0.05, 0) is 20.3 Å². The molecule has 0 fully saturated rings. The number of hydrogen-bond acceptors (Lipinski definition) is 5. The van der Waals surface area contributed by atoms with Gasteiger partial charge in [0.2, 0.25) is 0 Å². The lowest BCUT2D eigenvalue weighted by molar-refractivity contribution is -0.384. The molecule has 7 heteroatoms. The van der Waals surface area contributed by atoms with Gasteiger partial charge >= 0.3 is 5.97 Å². The third-order valence-electron chi connectivity index (χ3n) is 2.65. The van der Waals surface area contributed by atoms with Crippen LogP contribution in [0.1, 0.15) is 33.6 Å². The molecule has 0 bridgehead atoms. The van der Waals surface area contributed by atoms with Gasteiger partial charge < -0.3 is 15.2 Å². The van der Waals surface area contributed by atoms with Crippen LogP contribution in [-0.2, 0) is 4.79 Å². The summed E-state index contributed by atoms with van der Waals surface area (Å²) in [5.74, 6) is -0.555. The van der Waals surface area contributed by atoms with Crippen LogP contribution < -0.4 is 10.1 Å². The number of carboxylic acids is 1. The summed E-state index contributed by atoms with van der Waals surface area (Å²) in [5, 5.41) is 22.8. The molecular formula is C14H20N2O5. The van der Waals surface area contributed by atoms with E-state index >= 15 is 0 Å². The van der Waals surface area contributed by atoms with Crippen molar-refractivity contribution in [1.82, 2.24) is 0 Å². The Morgan fingerprint density at radius 1 is 1.43 bits per heavy atom. The molecule has 1 aromatic rings. The zero-order valence-electron chi connectivity index (χ0n) is 12.4. The zero-order chi connectivity index (χ0) is 16.0. The highest BCUT2D eigenvalue weighted by Gasteiger charge is 2.22. The summed E-state index contributed by atoms with van der Waals surface area (Å²) in [5.41, 5.74) is -0.373. The Bertz CT molecular complexity index is 528. The molecule has 0 heterocycles. The van der Waals surface area contributed by atoms with Crippen molar-refractivity contribution in [1.29, 1.82) is 0 Å². The number of nitrogens with zero attached hydrogens (tertiary/aromatic N) is 1. The van der Waals surface area contributed by atoms with Crippen molar-refractivity contribution >= 4 is 17.3 Å². The fraction of sp³-hybridized carbons (Fsp3) is 0.500. The molecule has 0 aliphatic rings. The quantitative estimate of drug-likeness (QED) is 0.564. The molecule has 1 rings (SSSR count). The van der Waals surface area contributed by atoms with E-state index in [-0.39, 0.29) is 12.1 Å². The minimum Gasteiger partial charge on any atom is -0.493 e. The van der Waals surface area contributed by atoms with Gasteiger partial charge in [0.25, 0.3) is 5.69 Å². The van der Waals surface area contributed by atoms with E-state index in [1.165, 1.54) is 12.1 Å². The Morgan fingerprint density at radius 3 is 2.62 bits per heavy atom. The average Bonchev–Trinajstić information content (AvgIpc) is 2.33. The predicted molar refractivity (Wildman–Crippen MR) is 78.8 cm³/mol. The van der Waals surface area contributed by atoms with Crippen molar-refractivity contribution in [2.24, 2.45) is 0 Å². The van der Waals surface area contributed by atoms with Gasteiger partial charge in [-0.15, -0.1) is 0 Å². The van der Waals surface area contributed by atoms with E-state index in [4.69, 9.17) is 9.84 Å². The van der Waals surface area contributed by atoms with Crippen molar-refractivity contribution in [2.45, 2.75) is 39.2 Å². The molecule has 1 aromatic carbocycles. The number of hydrogen-bond donors (Lipinski definition) is 2. The van der Waals surface area contributed by atoms with Crippen molar-refractivity contribution in [3.63, 3.8) is 0 Å². The van der Waals surface area contributed by atoms with E-state index in [0.29, 0.717) is 18.0 Å². The highest BCUT2D eigenvalue weighted by molar-refractivity contribution is 5.69. The molecule has 0 amide bonds. The predicted octanol–water partition coefficient (Wildman–Crippen LogP) is 3.05. The largest absolute Gasteiger partial charge is 0.493 e. The van der Waals surface area contributed by atoms with Crippen LogP contribution in [0.5, 0.6) is 5.75 Å². The SMILES string of the molecule is CCCOc1cc(NC(C)(C)CC(=O)O)cc([N+](=O)[O-])c1. The van der Waals surface area contributed by atoms with Crippen molar-refractivity contribution in [3.8, 4) is 5.75 Å². The molecule has 0 spiro atoms. The number of benzene rings is 1. The maximum Gasteiger partial charge on any atom is 0.305 e. The highest BCUT2D eigenvalue weighted by atomic mass is 16.6. The van der Waals surface area contributed by atoms with Gasteiger partial charge in [0, 0.05) is 23.4 Å². The summed E-state index contributed by atoms with van der Waals surface area (Å²) in [6, 6.07) is 4.35. The second-order valence-corrected chi connectivity index (χ2v) is 5.40. The fourth-order valence-electron chi connectivity index (χ4n) is 1.88. The van der Waals surface area contributed by atoms with Crippen molar-refractivity contribution < 1.29 is 19.6 Å². The summed E-state index contributed by atoms with van der Waals surface area (Å²) < 4.78 is 5.42. The van der Waals surface area contributed by atoms with E-state index in [9.17, 15) is 14.9 Å². The molecule has 0 aromatic heterocycles. The van der Waals surface area contributed by atoms with Crippen LogP contribution in [0.3, 0.4) is 0 Å². The van der Waals surface area contributed by atoms with Crippen molar-refractivity contribution in [2.75, 3.05) is 11.9 Å². The monoisotopic (exact) mass is 296 g/mol. The minimum atomic E-state index is -0.944. The van der Waals surface area contributed by atoms with Crippen LogP contribution in [0.25, 0.3) is 0 Å². The molecule has 21 heavy (non-hydrogen) atoms. The number of carbonyl (C=O) groups is 1. The smallest absolute Gasteiger partial charge is 0.305 e. The molecule has 2 N–H and O–H groups in total. The van der Waals surface area contributed by atoms with Crippen LogP contribution in [0, 0.1) is 10.1 Å². The molecule has 116 valence electrons. The number of nitro groups is 1. The van der Waals surface area contributed by atoms with Gasteiger partial charge in [-0.2, -0.15) is 0 Å². The highest BCUT2D eigenvalue weighted by Crippen LogP contribution is 2.28. The Kier molecular flexibility index (Phi) is 5.52. The summed E-state index contributed by atoms with van der Waals surface area (Å²) >= 11 is 0. The van der Waals surface area contributed by atoms with Gasteiger partial charge in [0.05, 0.1) is 24.0 Å². The van der Waals surface area contributed by atoms with E-state index in [1.807, 2.05) is 6.92 Å². The van der Waals surface area contributed by atoms with E-state index in [2.05, 4.69) is 5.32 Å². The second-order valence-electron chi connectivity index (χ2n) is 5.40. The Labute approximate surface area is 123 Å². The number of ether oxygens (including phenoxy) is 1. The average molecular weight is 296 g/mol. The maximum atomic E-state index is 11.0. The molecule has 0 atom stereocenters. The van der Waals surface area contributed by atoms with Gasteiger partial charge in [-0.1, -0.05) is 6.92 Å². The van der Waals surface area contributed by atoms with E-state index in [1.54, 1.807) is 19.9 Å². The van der Waals surface area contributed by atoms with Gasteiger partial charge in [0.15, 0.2) is 0 Å². The first-order chi connectivity index (χ1) is 9.73. The summed E-state index contributed by atoms with van der Waals surface area (Å²) in [6.07, 6.45) is 0.677. The number of non-ortho nitro benzene ring substituents is 1. The van der Waals surface area contributed by atoms with Crippen LogP contribution in [0.15, 0.2) is 18.2 Å². The number of carboxylic acid groups (broad SMARTS) is 1. The normalized spacial score (nSPS) is 11.0. The second kappa shape index (κ2) is 6.92. The molecular weight excluding hydrogens is 276 g/mol. The number of nitro benzene ring substituents is 1. The zero-order valence-corrected chi connectivity index (χ0v) is 12.4. The lowest BCUT2D eigenvalue weighted by atomic mass is 10.0. The maximum absolute atomic E-state index is 11.0. The van der Waals surface area contributed by atoms with Gasteiger partial charge in [-0.3, -0.25) is 14.9 Å². The molecule has 0 saturated carbocycles. The first kappa shape index (κ1) is 16.7. The van der Waals surface area contributed by atoms with Crippen LogP contribution in [0.4, 0.5) is 11.4 Å². The molecule has 0 radical (unpaired) electrons. The molecule has 0 saturated heterocycles. The molecule has 0 aliphatic carbocycles. The summed E-state index contributed by atoms with van der Waals surface area (Å²) in [6.45, 7) is 5.82. The fourth-order valence-corrected chi connectivity index (χ4v) is 1.88. The number of rotatable bonds is 8. The lowest BCUT2D eigenvalue weighted by Gasteiger charge is -2.25. The first-order valence-corrected chi connectivity index (χ1v) is 6.66. The van der Waals surface area contributed by atoms with Crippen LogP contribution in [-0.4, -0.2) is 28.1 Å². The molecule has 7 nitrogen and oxygen atoms in total. The van der Waals surface area contributed by atoms with Crippen LogP contribution in [0.2, 0.25) is 0 Å². The number of nitrogens with one attached hydrogen (secondary N) is 1. The van der Waals surface area contributed by atoms with Gasteiger partial charge in [0.1, 0.15) is 5.75 Å². The summed E-state index contributed by atoms with van der Waals surface area (Å²) in [4.78, 5) is 21.3. The summed E-state index contributed by atoms with van der Waals surface area (Å²) in [7, 11) is 0. The Balaban J connectivity index is 3.02. The molecule has 0 unspecified atom stereocenters. The standard InChI is InChI=1S/C14H20N2O5/c1-4-5-21-12-7-10(6-11(8-12)16(19)20)15-14(2,3)9-13(17)18/h6-8,15H,4-5,9H2,1-3H3,(H,17,18). The number of aliphatic carboxylic acids is 1. The van der Waals surface area contributed by atoms with Crippen LogP contribution >= 0.6 is 0 Å². The third kappa shape index (κ3) is 5.68. The minimum absolute atomic E-state index is 0.0998. The molecule has 0 aliphatic heterocycles. The van der Waals surface area contributed by atoms with Crippen molar-refractivity contribution in [3.05, 3.63) is 28.3 Å². The topological polar surface area (TPSA) is 102 Å². The lowest BCUT2D eigenvalue weighted by Crippen LogP contribution is -2.33. The number of anilines is 1. The van der Waals surface area contributed by atoms with E-state index in [0.717, 1.165) is 6.42 Å².